The van der Waals surface area contributed by atoms with Crippen LogP contribution in [0.5, 0.6) is 0 Å². The molecule has 2 aliphatic rings. The first-order valence-corrected chi connectivity index (χ1v) is 7.58. The minimum atomic E-state index is -0.593. The highest BCUT2D eigenvalue weighted by atomic mass is 16.7. The molecule has 21 heavy (non-hydrogen) atoms. The van der Waals surface area contributed by atoms with Gasteiger partial charge in [-0.2, -0.15) is 0 Å². The topological polar surface area (TPSA) is 38.8 Å². The minimum Gasteiger partial charge on any atom is -0.353 e. The van der Waals surface area contributed by atoms with Gasteiger partial charge in [-0.15, -0.1) is 0 Å². The molecule has 1 aromatic carbocycles. The van der Waals surface area contributed by atoms with Gasteiger partial charge in [0.2, 0.25) is 0 Å². The van der Waals surface area contributed by atoms with Crippen LogP contribution in [-0.4, -0.2) is 43.8 Å². The van der Waals surface area contributed by atoms with Gasteiger partial charge in [-0.05, 0) is 5.56 Å². The lowest BCUT2D eigenvalue weighted by Gasteiger charge is -2.41. The number of carbonyl (C=O) groups is 1. The second-order valence-corrected chi connectivity index (χ2v) is 6.08. The zero-order valence-corrected chi connectivity index (χ0v) is 12.7. The Bertz CT molecular complexity index is 498. The first-order chi connectivity index (χ1) is 10.2. The molecule has 1 aliphatic heterocycles. The molecule has 1 saturated carbocycles. The zero-order valence-electron chi connectivity index (χ0n) is 12.7. The number of carbonyl (C=O) groups excluding carboxylic acids is 1. The van der Waals surface area contributed by atoms with Gasteiger partial charge in [0.15, 0.2) is 5.79 Å². The summed E-state index contributed by atoms with van der Waals surface area (Å²) in [5, 5.41) is 0. The molecular formula is C17H23NO3. The van der Waals surface area contributed by atoms with E-state index in [1.807, 2.05) is 6.07 Å². The van der Waals surface area contributed by atoms with Crippen LogP contribution in [0.3, 0.4) is 0 Å². The number of benzene rings is 1. The van der Waals surface area contributed by atoms with Gasteiger partial charge >= 0.3 is 0 Å². The minimum absolute atomic E-state index is 0.0439. The van der Waals surface area contributed by atoms with E-state index in [2.05, 4.69) is 29.2 Å². The van der Waals surface area contributed by atoms with Crippen LogP contribution in [-0.2, 0) is 20.8 Å². The molecule has 114 valence electrons. The van der Waals surface area contributed by atoms with Crippen LogP contribution in [0.25, 0.3) is 0 Å². The van der Waals surface area contributed by atoms with E-state index in [0.29, 0.717) is 18.6 Å². The van der Waals surface area contributed by atoms with Crippen LogP contribution >= 0.6 is 0 Å². The number of hydrogen-bond donors (Lipinski definition) is 0. The average molecular weight is 289 g/mol. The maximum atomic E-state index is 12.3. The molecule has 0 aromatic heterocycles. The molecular weight excluding hydrogens is 266 g/mol. The van der Waals surface area contributed by atoms with E-state index < -0.39 is 5.79 Å². The molecule has 0 bridgehead atoms. The third-order valence-electron chi connectivity index (χ3n) is 5.03. The highest BCUT2D eigenvalue weighted by Crippen LogP contribution is 2.43. The third kappa shape index (κ3) is 2.63. The fourth-order valence-electron chi connectivity index (χ4n) is 3.89. The average Bonchev–Trinajstić information content (AvgIpc) is 2.94. The monoisotopic (exact) mass is 289 g/mol. The fourth-order valence-corrected chi connectivity index (χ4v) is 3.89. The van der Waals surface area contributed by atoms with Crippen molar-refractivity contribution in [3.8, 4) is 0 Å². The van der Waals surface area contributed by atoms with E-state index in [4.69, 9.17) is 9.47 Å². The van der Waals surface area contributed by atoms with Gasteiger partial charge in [0, 0.05) is 58.5 Å². The van der Waals surface area contributed by atoms with Crippen LogP contribution < -0.4 is 0 Å². The number of ketones is 1. The van der Waals surface area contributed by atoms with Crippen molar-refractivity contribution in [3.63, 3.8) is 0 Å². The van der Waals surface area contributed by atoms with Crippen LogP contribution in [0.1, 0.15) is 18.4 Å². The van der Waals surface area contributed by atoms with E-state index in [0.717, 1.165) is 19.6 Å². The van der Waals surface area contributed by atoms with Gasteiger partial charge in [0.05, 0.1) is 0 Å². The molecule has 4 nitrogen and oxygen atoms in total. The van der Waals surface area contributed by atoms with Crippen molar-refractivity contribution in [2.75, 3.05) is 27.3 Å². The van der Waals surface area contributed by atoms with E-state index in [-0.39, 0.29) is 11.8 Å². The van der Waals surface area contributed by atoms with Gasteiger partial charge < -0.3 is 9.47 Å². The lowest BCUT2D eigenvalue weighted by atomic mass is 9.76. The van der Waals surface area contributed by atoms with E-state index in [1.165, 1.54) is 5.56 Å². The molecule has 2 unspecified atom stereocenters. The van der Waals surface area contributed by atoms with Crippen molar-refractivity contribution in [1.29, 1.82) is 0 Å². The SMILES string of the molecule is COC1(OC)CCC(=O)C2CN(Cc3ccccc3)CC21. The van der Waals surface area contributed by atoms with Crippen molar-refractivity contribution in [2.45, 2.75) is 25.2 Å². The molecule has 0 N–H and O–H groups in total. The molecule has 2 atom stereocenters. The van der Waals surface area contributed by atoms with Crippen molar-refractivity contribution in [1.82, 2.24) is 4.90 Å². The number of fused-ring (bicyclic) bond motifs is 1. The van der Waals surface area contributed by atoms with Crippen LogP contribution in [0.4, 0.5) is 0 Å². The first kappa shape index (κ1) is 14.7. The Morgan fingerprint density at radius 1 is 1.19 bits per heavy atom. The smallest absolute Gasteiger partial charge is 0.172 e. The van der Waals surface area contributed by atoms with Crippen LogP contribution in [0.15, 0.2) is 30.3 Å². The molecule has 4 heteroatoms. The Hall–Kier alpha value is -1.23. The maximum absolute atomic E-state index is 12.3. The molecule has 2 fully saturated rings. The predicted molar refractivity (Wildman–Crippen MR) is 79.7 cm³/mol. The number of hydrogen-bond acceptors (Lipinski definition) is 4. The number of methoxy groups -OCH3 is 2. The Morgan fingerprint density at radius 3 is 2.57 bits per heavy atom. The summed E-state index contributed by atoms with van der Waals surface area (Å²) in [6, 6.07) is 10.4. The van der Waals surface area contributed by atoms with Crippen molar-refractivity contribution < 1.29 is 14.3 Å². The van der Waals surface area contributed by atoms with E-state index >= 15 is 0 Å². The number of rotatable bonds is 4. The summed E-state index contributed by atoms with van der Waals surface area (Å²) in [4.78, 5) is 14.6. The van der Waals surface area contributed by atoms with E-state index in [9.17, 15) is 4.79 Å². The van der Waals surface area contributed by atoms with Gasteiger partial charge in [-0.1, -0.05) is 30.3 Å². The third-order valence-corrected chi connectivity index (χ3v) is 5.03. The molecule has 1 saturated heterocycles. The molecule has 0 spiro atoms. The zero-order chi connectivity index (χ0) is 14.9. The Morgan fingerprint density at radius 2 is 1.90 bits per heavy atom. The number of ether oxygens (including phenoxy) is 2. The number of likely N-dealkylation sites (tertiary alicyclic amines) is 1. The van der Waals surface area contributed by atoms with Crippen LogP contribution in [0.2, 0.25) is 0 Å². The standard InChI is InChI=1S/C17H23NO3/c1-20-17(21-2)9-8-16(19)14-11-18(12-15(14)17)10-13-6-4-3-5-7-13/h3-7,14-15H,8-12H2,1-2H3. The summed E-state index contributed by atoms with van der Waals surface area (Å²) >= 11 is 0. The summed E-state index contributed by atoms with van der Waals surface area (Å²) in [7, 11) is 3.38. The molecule has 3 rings (SSSR count). The van der Waals surface area contributed by atoms with Gasteiger partial charge in [-0.3, -0.25) is 9.69 Å². The Labute approximate surface area is 126 Å². The van der Waals surface area contributed by atoms with Gasteiger partial charge in [-0.25, -0.2) is 0 Å². The first-order valence-electron chi connectivity index (χ1n) is 7.58. The highest BCUT2D eigenvalue weighted by Gasteiger charge is 2.53. The molecule has 1 heterocycles. The normalized spacial score (nSPS) is 28.6. The summed E-state index contributed by atoms with van der Waals surface area (Å²) in [5.74, 6) is -0.0515. The number of Topliss-reactive ketones (excluding diaryl/α,β-unsaturated/α-hetero) is 1. The Kier molecular flexibility index (Phi) is 4.11. The highest BCUT2D eigenvalue weighted by molar-refractivity contribution is 5.83. The molecule has 1 aromatic rings. The number of nitrogens with zero attached hydrogens (tertiary/aromatic N) is 1. The molecule has 0 radical (unpaired) electrons. The molecule has 1 aliphatic carbocycles. The van der Waals surface area contributed by atoms with E-state index in [1.54, 1.807) is 14.2 Å². The predicted octanol–water partition coefficient (Wildman–Crippen LogP) is 2.09. The second kappa shape index (κ2) is 5.87. The maximum Gasteiger partial charge on any atom is 0.172 e. The largest absolute Gasteiger partial charge is 0.353 e. The summed E-state index contributed by atoms with van der Waals surface area (Å²) in [6.07, 6.45) is 1.22. The lowest BCUT2D eigenvalue weighted by molar-refractivity contribution is -0.254. The quantitative estimate of drug-likeness (QED) is 0.796. The van der Waals surface area contributed by atoms with Crippen molar-refractivity contribution in [2.24, 2.45) is 11.8 Å². The van der Waals surface area contributed by atoms with Crippen molar-refractivity contribution >= 4 is 5.78 Å². The summed E-state index contributed by atoms with van der Waals surface area (Å²) < 4.78 is 11.4. The summed E-state index contributed by atoms with van der Waals surface area (Å²) in [5.41, 5.74) is 1.28. The van der Waals surface area contributed by atoms with Crippen LogP contribution in [0, 0.1) is 11.8 Å². The fraction of sp³-hybridized carbons (Fsp3) is 0.588. The lowest BCUT2D eigenvalue weighted by Crippen LogP contribution is -2.51. The molecule has 0 amide bonds. The summed E-state index contributed by atoms with van der Waals surface area (Å²) in [6.45, 7) is 2.55. The van der Waals surface area contributed by atoms with Crippen molar-refractivity contribution in [3.05, 3.63) is 35.9 Å². The second-order valence-electron chi connectivity index (χ2n) is 6.08. The Balaban J connectivity index is 1.77. The van der Waals surface area contributed by atoms with Gasteiger partial charge in [0.25, 0.3) is 0 Å². The van der Waals surface area contributed by atoms with Gasteiger partial charge in [0.1, 0.15) is 5.78 Å².